The number of nitriles is 1. The van der Waals surface area contributed by atoms with Gasteiger partial charge in [-0.05, 0) is 80.3 Å². The molecule has 1 fully saturated rings. The predicted molar refractivity (Wildman–Crippen MR) is 172 cm³/mol. The first-order valence-corrected chi connectivity index (χ1v) is 17.5. The highest BCUT2D eigenvalue weighted by Crippen LogP contribution is 2.38. The molecule has 1 heterocycles. The molecule has 0 unspecified atom stereocenters. The highest BCUT2D eigenvalue weighted by Gasteiger charge is 2.41. The summed E-state index contributed by atoms with van der Waals surface area (Å²) in [6.45, 7) is 8.18. The molecule has 0 saturated heterocycles. The van der Waals surface area contributed by atoms with Gasteiger partial charge in [0, 0.05) is 18.3 Å². The van der Waals surface area contributed by atoms with Crippen molar-refractivity contribution in [1.29, 1.82) is 5.26 Å². The van der Waals surface area contributed by atoms with Crippen molar-refractivity contribution in [3.05, 3.63) is 23.8 Å². The Hall–Kier alpha value is -2.35. The third-order valence-corrected chi connectivity index (χ3v) is 9.88. The molecule has 1 amide bonds. The molecule has 0 radical (unpaired) electrons. The maximum atomic E-state index is 13.5. The Kier molecular flexibility index (Phi) is 16.5. The SMILES string of the molecule is COC(=O)[C@@H](CCSC)NC(=O)[C@@H]1CCC[C@H]1[C@@H]1C/C=C/C=C(/C#N)[C@H](O)[C@@H](C)C[C@H](C)C[C@H](C)C[C@H](C)[C@@H](O)CC(=O)O1. The lowest BCUT2D eigenvalue weighted by Gasteiger charge is -2.29. The summed E-state index contributed by atoms with van der Waals surface area (Å²) in [5.74, 6) is -0.907. The zero-order chi connectivity index (χ0) is 32.8. The van der Waals surface area contributed by atoms with E-state index >= 15 is 0 Å². The van der Waals surface area contributed by atoms with Gasteiger partial charge in [-0.1, -0.05) is 46.3 Å². The number of rotatable bonds is 7. The van der Waals surface area contributed by atoms with Gasteiger partial charge in [0.2, 0.25) is 5.91 Å². The number of nitrogens with one attached hydrogen (secondary N) is 1. The molecule has 2 rings (SSSR count). The number of hydrogen-bond acceptors (Lipinski definition) is 9. The highest BCUT2D eigenvalue weighted by atomic mass is 32.2. The number of aliphatic hydroxyl groups is 2. The normalized spacial score (nSPS) is 35.5. The van der Waals surface area contributed by atoms with E-state index in [1.165, 1.54) is 7.11 Å². The summed E-state index contributed by atoms with van der Waals surface area (Å²) >= 11 is 1.58. The molecule has 0 bridgehead atoms. The topological polar surface area (TPSA) is 146 Å². The van der Waals surface area contributed by atoms with Crippen LogP contribution < -0.4 is 5.32 Å². The number of methoxy groups -OCH3 is 1. The van der Waals surface area contributed by atoms with Gasteiger partial charge in [0.15, 0.2) is 0 Å². The van der Waals surface area contributed by atoms with Crippen LogP contribution >= 0.6 is 11.8 Å². The quantitative estimate of drug-likeness (QED) is 0.331. The lowest BCUT2D eigenvalue weighted by Crippen LogP contribution is -2.46. The number of carbonyl (C=O) groups is 3. The maximum absolute atomic E-state index is 13.5. The summed E-state index contributed by atoms with van der Waals surface area (Å²) in [6.07, 6.45) is 9.71. The Morgan fingerprint density at radius 3 is 2.45 bits per heavy atom. The molecule has 0 aromatic rings. The van der Waals surface area contributed by atoms with Gasteiger partial charge in [-0.2, -0.15) is 17.0 Å². The van der Waals surface area contributed by atoms with Crippen LogP contribution in [-0.2, 0) is 23.9 Å². The van der Waals surface area contributed by atoms with Crippen LogP contribution in [0, 0.1) is 46.8 Å². The first-order chi connectivity index (χ1) is 20.9. The highest BCUT2D eigenvalue weighted by molar-refractivity contribution is 7.98. The number of aliphatic hydroxyl groups excluding tert-OH is 2. The zero-order valence-electron chi connectivity index (χ0n) is 27.4. The fraction of sp³-hybridized carbons (Fsp3) is 0.765. The van der Waals surface area contributed by atoms with E-state index in [1.54, 1.807) is 30.0 Å². The smallest absolute Gasteiger partial charge is 0.328 e. The summed E-state index contributed by atoms with van der Waals surface area (Å²) < 4.78 is 10.9. The van der Waals surface area contributed by atoms with E-state index in [0.717, 1.165) is 25.7 Å². The average molecular weight is 635 g/mol. The Labute approximate surface area is 268 Å². The Bertz CT molecular complexity index is 1040. The molecule has 248 valence electrons. The lowest BCUT2D eigenvalue weighted by molar-refractivity contribution is -0.157. The first-order valence-electron chi connectivity index (χ1n) is 16.1. The van der Waals surface area contributed by atoms with Crippen molar-refractivity contribution in [3.8, 4) is 6.07 Å². The van der Waals surface area contributed by atoms with Crippen LogP contribution in [0.2, 0.25) is 0 Å². The van der Waals surface area contributed by atoms with E-state index in [-0.39, 0.29) is 35.7 Å². The van der Waals surface area contributed by atoms with E-state index < -0.39 is 42.2 Å². The summed E-state index contributed by atoms with van der Waals surface area (Å²) in [5, 5.41) is 34.4. The molecule has 1 aliphatic heterocycles. The van der Waals surface area contributed by atoms with Crippen LogP contribution in [0.1, 0.15) is 85.5 Å². The second kappa shape index (κ2) is 19.2. The molecule has 1 aliphatic carbocycles. The number of esters is 2. The molecule has 3 N–H and O–H groups in total. The number of hydrogen-bond donors (Lipinski definition) is 3. The molecule has 44 heavy (non-hydrogen) atoms. The Morgan fingerprint density at radius 2 is 1.82 bits per heavy atom. The molecular weight excluding hydrogens is 580 g/mol. The van der Waals surface area contributed by atoms with Gasteiger partial charge in [-0.25, -0.2) is 4.79 Å². The van der Waals surface area contributed by atoms with Gasteiger partial charge in [0.05, 0.1) is 37.4 Å². The number of ether oxygens (including phenoxy) is 2. The average Bonchev–Trinajstić information content (AvgIpc) is 3.47. The van der Waals surface area contributed by atoms with Crippen LogP contribution in [0.3, 0.4) is 0 Å². The van der Waals surface area contributed by atoms with Gasteiger partial charge >= 0.3 is 11.9 Å². The summed E-state index contributed by atoms with van der Waals surface area (Å²) in [6, 6.07) is 1.38. The second-order valence-electron chi connectivity index (χ2n) is 13.1. The van der Waals surface area contributed by atoms with E-state index in [1.807, 2.05) is 20.1 Å². The van der Waals surface area contributed by atoms with Gasteiger partial charge in [-0.3, -0.25) is 9.59 Å². The van der Waals surface area contributed by atoms with Crippen LogP contribution in [0.25, 0.3) is 0 Å². The monoisotopic (exact) mass is 634 g/mol. The molecule has 9 nitrogen and oxygen atoms in total. The summed E-state index contributed by atoms with van der Waals surface area (Å²) in [5.41, 5.74) is 0.276. The van der Waals surface area contributed by atoms with Crippen LogP contribution in [-0.4, -0.2) is 71.5 Å². The minimum absolute atomic E-state index is 0.102. The summed E-state index contributed by atoms with van der Waals surface area (Å²) in [4.78, 5) is 39.0. The largest absolute Gasteiger partial charge is 0.467 e. The number of cyclic esters (lactones) is 1. The molecule has 0 spiro atoms. The molecule has 2 aliphatic rings. The zero-order valence-corrected chi connectivity index (χ0v) is 28.2. The van der Waals surface area contributed by atoms with E-state index in [0.29, 0.717) is 43.3 Å². The molecule has 10 heteroatoms. The third-order valence-electron chi connectivity index (χ3n) is 9.23. The number of carbonyl (C=O) groups excluding carboxylic acids is 3. The molecule has 0 aromatic heterocycles. The van der Waals surface area contributed by atoms with Gasteiger partial charge in [0.1, 0.15) is 12.1 Å². The Balaban J connectivity index is 2.34. The van der Waals surface area contributed by atoms with Crippen molar-refractivity contribution < 1.29 is 34.1 Å². The number of thioether (sulfide) groups is 1. The minimum Gasteiger partial charge on any atom is -0.467 e. The third kappa shape index (κ3) is 11.9. The van der Waals surface area contributed by atoms with Crippen LogP contribution in [0.15, 0.2) is 23.8 Å². The van der Waals surface area contributed by atoms with Gasteiger partial charge in [-0.15, -0.1) is 0 Å². The van der Waals surface area contributed by atoms with E-state index in [2.05, 4.69) is 25.2 Å². The van der Waals surface area contributed by atoms with E-state index in [9.17, 15) is 29.9 Å². The fourth-order valence-corrected chi connectivity index (χ4v) is 7.36. The molecule has 1 saturated carbocycles. The number of allylic oxidation sites excluding steroid dienone is 2. The minimum atomic E-state index is -0.896. The van der Waals surface area contributed by atoms with Gasteiger partial charge < -0.3 is 25.0 Å². The number of amides is 1. The standard InChI is InChI=1S/C34H54N2O7S/c1-21-16-22(2)18-24(4)32(39)25(20-35)10-7-8-13-30(43-31(38)19-29(37)23(3)17-21)26-11-9-12-27(26)33(40)36-28(14-15-44-6)34(41)42-5/h7-8,10,21-24,26-30,32,37,39H,9,11-19H2,1-6H3,(H,36,40)/b8-7+,25-10-/t21-,22+,23-,24-,26+,27+,28+,29-,30-,32+/m0/s1. The van der Waals surface area contributed by atoms with Crippen molar-refractivity contribution in [2.24, 2.45) is 35.5 Å². The predicted octanol–water partition coefficient (Wildman–Crippen LogP) is 4.96. The van der Waals surface area contributed by atoms with Crippen LogP contribution in [0.4, 0.5) is 0 Å². The van der Waals surface area contributed by atoms with Crippen LogP contribution in [0.5, 0.6) is 0 Å². The van der Waals surface area contributed by atoms with Crippen molar-refractivity contribution >= 4 is 29.6 Å². The lowest BCUT2D eigenvalue weighted by atomic mass is 9.82. The van der Waals surface area contributed by atoms with Crippen molar-refractivity contribution in [2.75, 3.05) is 19.1 Å². The van der Waals surface area contributed by atoms with Crippen molar-refractivity contribution in [1.82, 2.24) is 5.32 Å². The van der Waals surface area contributed by atoms with Gasteiger partial charge in [0.25, 0.3) is 0 Å². The Morgan fingerprint density at radius 1 is 1.14 bits per heavy atom. The molecular formula is C34H54N2O7S. The van der Waals surface area contributed by atoms with Crippen molar-refractivity contribution in [3.63, 3.8) is 0 Å². The van der Waals surface area contributed by atoms with E-state index in [4.69, 9.17) is 9.47 Å². The maximum Gasteiger partial charge on any atom is 0.328 e. The van der Waals surface area contributed by atoms with Crippen molar-refractivity contribution in [2.45, 2.75) is 110 Å². The summed E-state index contributed by atoms with van der Waals surface area (Å²) in [7, 11) is 1.30. The molecule has 10 atom stereocenters. The number of nitrogens with zero attached hydrogens (tertiary/aromatic N) is 1. The second-order valence-corrected chi connectivity index (χ2v) is 14.1. The fourth-order valence-electron chi connectivity index (χ4n) is 6.89. The molecule has 0 aromatic carbocycles. The first kappa shape index (κ1) is 37.8.